The van der Waals surface area contributed by atoms with Crippen molar-refractivity contribution >= 4 is 8.32 Å². The van der Waals surface area contributed by atoms with Gasteiger partial charge in [0.05, 0.1) is 0 Å². The van der Waals surface area contributed by atoms with Crippen LogP contribution in [0.15, 0.2) is 11.6 Å². The first-order chi connectivity index (χ1) is 7.10. The Morgan fingerprint density at radius 1 is 1.31 bits per heavy atom. The highest BCUT2D eigenvalue weighted by atomic mass is 28.4. The standard InChI is InChI=1S/C14H30OSi/c1-9-12(2)10-13(3)11-15-16(7,8)14(4,5)6/h10,13H,9,11H2,1-8H3/b12-10+/t13-/m1/s1. The fourth-order valence-electron chi connectivity index (χ4n) is 1.21. The Kier molecular flexibility index (Phi) is 5.98. The summed E-state index contributed by atoms with van der Waals surface area (Å²) in [6.45, 7) is 19.0. The molecule has 96 valence electrons. The first-order valence-electron chi connectivity index (χ1n) is 6.41. The average molecular weight is 242 g/mol. The van der Waals surface area contributed by atoms with Gasteiger partial charge in [-0.2, -0.15) is 0 Å². The molecular weight excluding hydrogens is 212 g/mol. The summed E-state index contributed by atoms with van der Waals surface area (Å²) in [7, 11) is -1.56. The summed E-state index contributed by atoms with van der Waals surface area (Å²) in [5, 5.41) is 0.316. The largest absolute Gasteiger partial charge is 0.416 e. The lowest BCUT2D eigenvalue weighted by atomic mass is 10.1. The van der Waals surface area contributed by atoms with Gasteiger partial charge < -0.3 is 4.43 Å². The molecule has 0 aromatic rings. The minimum Gasteiger partial charge on any atom is -0.416 e. The highest BCUT2D eigenvalue weighted by Crippen LogP contribution is 2.36. The molecule has 1 atom stereocenters. The maximum absolute atomic E-state index is 6.20. The first-order valence-corrected chi connectivity index (χ1v) is 9.32. The van der Waals surface area contributed by atoms with Gasteiger partial charge in [0.15, 0.2) is 8.32 Å². The molecule has 0 saturated heterocycles. The van der Waals surface area contributed by atoms with Crippen molar-refractivity contribution in [3.05, 3.63) is 11.6 Å². The van der Waals surface area contributed by atoms with Gasteiger partial charge in [-0.05, 0) is 37.4 Å². The van der Waals surface area contributed by atoms with E-state index in [1.165, 1.54) is 5.57 Å². The van der Waals surface area contributed by atoms with Crippen LogP contribution in [0.4, 0.5) is 0 Å². The predicted octanol–water partition coefficient (Wildman–Crippen LogP) is 5.00. The van der Waals surface area contributed by atoms with E-state index in [9.17, 15) is 0 Å². The molecule has 0 fully saturated rings. The molecule has 0 aliphatic heterocycles. The summed E-state index contributed by atoms with van der Waals surface area (Å²) >= 11 is 0. The molecular formula is C14H30OSi. The second-order valence-corrected chi connectivity index (χ2v) is 11.2. The molecule has 0 bridgehead atoms. The smallest absolute Gasteiger partial charge is 0.192 e. The average Bonchev–Trinajstić information content (AvgIpc) is 2.13. The highest BCUT2D eigenvalue weighted by Gasteiger charge is 2.37. The van der Waals surface area contributed by atoms with Crippen molar-refractivity contribution < 1.29 is 4.43 Å². The van der Waals surface area contributed by atoms with Crippen molar-refractivity contribution in [1.82, 2.24) is 0 Å². The first kappa shape index (κ1) is 15.9. The number of hydrogen-bond donors (Lipinski definition) is 0. The van der Waals surface area contributed by atoms with Crippen LogP contribution in [-0.4, -0.2) is 14.9 Å². The Morgan fingerprint density at radius 3 is 2.19 bits per heavy atom. The molecule has 0 amide bonds. The Morgan fingerprint density at radius 2 is 1.81 bits per heavy atom. The summed E-state index contributed by atoms with van der Waals surface area (Å²) in [4.78, 5) is 0. The summed E-state index contributed by atoms with van der Waals surface area (Å²) in [6, 6.07) is 0. The third-order valence-electron chi connectivity index (χ3n) is 3.64. The SMILES string of the molecule is CC/C(C)=C/[C@@H](C)CO[Si](C)(C)C(C)(C)C. The van der Waals surface area contributed by atoms with E-state index in [2.05, 4.69) is 60.7 Å². The molecule has 16 heavy (non-hydrogen) atoms. The van der Waals surface area contributed by atoms with E-state index in [0.717, 1.165) is 13.0 Å². The fraction of sp³-hybridized carbons (Fsp3) is 0.857. The normalized spacial score (nSPS) is 16.4. The van der Waals surface area contributed by atoms with Crippen LogP contribution < -0.4 is 0 Å². The van der Waals surface area contributed by atoms with Gasteiger partial charge in [0.25, 0.3) is 0 Å². The van der Waals surface area contributed by atoms with E-state index in [1.807, 2.05) is 0 Å². The van der Waals surface area contributed by atoms with Gasteiger partial charge in [-0.25, -0.2) is 0 Å². The lowest BCUT2D eigenvalue weighted by Gasteiger charge is -2.36. The topological polar surface area (TPSA) is 9.23 Å². The predicted molar refractivity (Wildman–Crippen MR) is 76.4 cm³/mol. The van der Waals surface area contributed by atoms with E-state index in [0.29, 0.717) is 11.0 Å². The van der Waals surface area contributed by atoms with Crippen LogP contribution in [0.5, 0.6) is 0 Å². The second-order valence-electron chi connectivity index (χ2n) is 6.42. The van der Waals surface area contributed by atoms with E-state index in [1.54, 1.807) is 0 Å². The molecule has 0 spiro atoms. The van der Waals surface area contributed by atoms with Crippen molar-refractivity contribution in [2.75, 3.05) is 6.61 Å². The monoisotopic (exact) mass is 242 g/mol. The van der Waals surface area contributed by atoms with Crippen molar-refractivity contribution in [3.63, 3.8) is 0 Å². The van der Waals surface area contributed by atoms with Crippen molar-refractivity contribution in [1.29, 1.82) is 0 Å². The molecule has 0 aliphatic carbocycles. The second kappa shape index (κ2) is 6.01. The zero-order chi connectivity index (χ0) is 13.0. The summed E-state index contributed by atoms with van der Waals surface area (Å²) in [5.74, 6) is 0.536. The van der Waals surface area contributed by atoms with Crippen LogP contribution in [-0.2, 0) is 4.43 Å². The Balaban J connectivity index is 4.26. The van der Waals surface area contributed by atoms with Gasteiger partial charge in [0.2, 0.25) is 0 Å². The quantitative estimate of drug-likeness (QED) is 0.487. The molecule has 0 saturated carbocycles. The highest BCUT2D eigenvalue weighted by molar-refractivity contribution is 6.74. The molecule has 0 rings (SSSR count). The molecule has 0 heterocycles. The van der Waals surface area contributed by atoms with Crippen molar-refractivity contribution in [2.45, 2.75) is 66.1 Å². The van der Waals surface area contributed by atoms with Gasteiger partial charge in [-0.3, -0.25) is 0 Å². The third kappa shape index (κ3) is 5.31. The van der Waals surface area contributed by atoms with Gasteiger partial charge in [-0.15, -0.1) is 0 Å². The maximum Gasteiger partial charge on any atom is 0.192 e. The van der Waals surface area contributed by atoms with Crippen molar-refractivity contribution in [2.24, 2.45) is 5.92 Å². The van der Waals surface area contributed by atoms with E-state index >= 15 is 0 Å². The van der Waals surface area contributed by atoms with Gasteiger partial charge >= 0.3 is 0 Å². The molecule has 0 aromatic heterocycles. The summed E-state index contributed by atoms with van der Waals surface area (Å²) in [6.07, 6.45) is 3.48. The molecule has 2 heteroatoms. The van der Waals surface area contributed by atoms with Crippen LogP contribution in [0.2, 0.25) is 18.1 Å². The maximum atomic E-state index is 6.20. The van der Waals surface area contributed by atoms with E-state index < -0.39 is 8.32 Å². The van der Waals surface area contributed by atoms with Crippen LogP contribution in [0.1, 0.15) is 48.0 Å². The zero-order valence-corrected chi connectivity index (χ0v) is 13.5. The molecule has 0 radical (unpaired) electrons. The Hall–Kier alpha value is -0.0831. The molecule has 0 unspecified atom stereocenters. The molecule has 1 nitrogen and oxygen atoms in total. The molecule has 0 aromatic carbocycles. The van der Waals surface area contributed by atoms with Gasteiger partial charge in [0, 0.05) is 6.61 Å². The lowest BCUT2D eigenvalue weighted by Crippen LogP contribution is -2.41. The summed E-state index contributed by atoms with van der Waals surface area (Å²) in [5.41, 5.74) is 1.46. The van der Waals surface area contributed by atoms with Crippen molar-refractivity contribution in [3.8, 4) is 0 Å². The number of rotatable bonds is 5. The van der Waals surface area contributed by atoms with Gasteiger partial charge in [-0.1, -0.05) is 46.3 Å². The number of hydrogen-bond acceptors (Lipinski definition) is 1. The fourth-order valence-corrected chi connectivity index (χ4v) is 2.32. The lowest BCUT2D eigenvalue weighted by molar-refractivity contribution is 0.259. The number of allylic oxidation sites excluding steroid dienone is 1. The van der Waals surface area contributed by atoms with Crippen LogP contribution in [0.25, 0.3) is 0 Å². The third-order valence-corrected chi connectivity index (χ3v) is 8.14. The minimum absolute atomic E-state index is 0.316. The van der Waals surface area contributed by atoms with Gasteiger partial charge in [0.1, 0.15) is 0 Å². The van der Waals surface area contributed by atoms with E-state index in [4.69, 9.17) is 4.43 Å². The Bertz CT molecular complexity index is 236. The molecule has 0 aliphatic rings. The van der Waals surface area contributed by atoms with Crippen LogP contribution >= 0.6 is 0 Å². The zero-order valence-electron chi connectivity index (χ0n) is 12.5. The minimum atomic E-state index is -1.56. The van der Waals surface area contributed by atoms with Crippen LogP contribution in [0, 0.1) is 5.92 Å². The van der Waals surface area contributed by atoms with E-state index in [-0.39, 0.29) is 0 Å². The summed E-state index contributed by atoms with van der Waals surface area (Å²) < 4.78 is 6.20. The molecule has 0 N–H and O–H groups in total. The van der Waals surface area contributed by atoms with Crippen LogP contribution in [0.3, 0.4) is 0 Å². The Labute approximate surface area is 103 Å².